The lowest BCUT2D eigenvalue weighted by atomic mass is 9.86. The van der Waals surface area contributed by atoms with Gasteiger partial charge >= 0.3 is 15.0 Å². The molecule has 2 atom stereocenters. The second kappa shape index (κ2) is 12.2. The molecule has 2 unspecified atom stereocenters. The summed E-state index contributed by atoms with van der Waals surface area (Å²) >= 11 is 0. The van der Waals surface area contributed by atoms with E-state index in [0.717, 1.165) is 12.8 Å². The second-order valence-electron chi connectivity index (χ2n) is 11.0. The number of rotatable bonds is 12. The summed E-state index contributed by atoms with van der Waals surface area (Å²) < 4.78 is 33.0. The van der Waals surface area contributed by atoms with Crippen LogP contribution in [0.2, 0.25) is 0 Å². The van der Waals surface area contributed by atoms with Gasteiger partial charge in [-0.05, 0) is 31.9 Å². The Balaban J connectivity index is 1.54. The highest BCUT2D eigenvalue weighted by atomic mass is 28.4. The first-order valence-electron chi connectivity index (χ1n) is 14.8. The number of esters is 1. The van der Waals surface area contributed by atoms with Gasteiger partial charge in [0.2, 0.25) is 5.60 Å². The van der Waals surface area contributed by atoms with E-state index in [1.165, 1.54) is 43.3 Å². The van der Waals surface area contributed by atoms with Gasteiger partial charge in [-0.3, -0.25) is 0 Å². The molecule has 2 bridgehead atoms. The number of nitrogens with zero attached hydrogens (tertiary/aromatic N) is 1. The van der Waals surface area contributed by atoms with E-state index in [1.54, 1.807) is 0 Å². The van der Waals surface area contributed by atoms with Crippen LogP contribution in [0.25, 0.3) is 0 Å². The third-order valence-electron chi connectivity index (χ3n) is 8.92. The predicted molar refractivity (Wildman–Crippen MR) is 151 cm³/mol. The van der Waals surface area contributed by atoms with Crippen LogP contribution in [0, 0.1) is 0 Å². The topological polar surface area (TPSA) is 63.2 Å². The van der Waals surface area contributed by atoms with Crippen LogP contribution in [0.5, 0.6) is 0 Å². The Morgan fingerprint density at radius 2 is 1.26 bits per heavy atom. The van der Waals surface area contributed by atoms with Crippen LogP contribution in [-0.4, -0.2) is 70.6 Å². The Kier molecular flexibility index (Phi) is 8.90. The van der Waals surface area contributed by atoms with E-state index < -0.39 is 20.6 Å². The van der Waals surface area contributed by atoms with Crippen LogP contribution in [-0.2, 0) is 32.8 Å². The number of hydrogen-bond acceptors (Lipinski definition) is 6. The number of hydrogen-bond donors (Lipinski definition) is 0. The minimum absolute atomic E-state index is 0.142. The molecule has 212 valence electrons. The molecule has 3 aliphatic heterocycles. The normalized spacial score (nSPS) is 24.2. The average molecular weight is 555 g/mol. The van der Waals surface area contributed by atoms with Gasteiger partial charge in [-0.15, -0.1) is 0 Å². The van der Waals surface area contributed by atoms with Crippen molar-refractivity contribution in [1.82, 2.24) is 0 Å². The SMILES string of the molecule is CCO[Si](OCC)(OCC)OC(C(=O)OC1CC2CCC(C1)[N+]21CCCC1)(c1ccccc1)c1ccccc1. The number of benzene rings is 2. The third-order valence-corrected chi connectivity index (χ3v) is 11.4. The van der Waals surface area contributed by atoms with Crippen LogP contribution in [0.15, 0.2) is 60.7 Å². The van der Waals surface area contributed by atoms with Gasteiger partial charge in [-0.25, -0.2) is 4.79 Å². The second-order valence-corrected chi connectivity index (χ2v) is 13.0. The highest BCUT2D eigenvalue weighted by molar-refractivity contribution is 6.54. The molecule has 0 aliphatic carbocycles. The molecule has 0 N–H and O–H groups in total. The molecule has 0 radical (unpaired) electrons. The van der Waals surface area contributed by atoms with E-state index in [4.69, 9.17) is 22.4 Å². The molecule has 2 aromatic rings. The quantitative estimate of drug-likeness (QED) is 0.201. The Hall–Kier alpha value is -2.07. The molecule has 0 aromatic heterocycles. The van der Waals surface area contributed by atoms with Crippen LogP contribution in [0.3, 0.4) is 0 Å². The van der Waals surface area contributed by atoms with E-state index in [0.29, 0.717) is 43.0 Å². The van der Waals surface area contributed by atoms with Gasteiger partial charge in [0.1, 0.15) is 6.10 Å². The van der Waals surface area contributed by atoms with E-state index >= 15 is 0 Å². The van der Waals surface area contributed by atoms with Crippen molar-refractivity contribution in [2.24, 2.45) is 0 Å². The lowest BCUT2D eigenvalue weighted by molar-refractivity contribution is -0.956. The van der Waals surface area contributed by atoms with Crippen molar-refractivity contribution < 1.29 is 31.7 Å². The number of ether oxygens (including phenoxy) is 1. The molecule has 3 aliphatic rings. The maximum absolute atomic E-state index is 14.7. The van der Waals surface area contributed by atoms with Gasteiger partial charge in [-0.1, -0.05) is 60.7 Å². The molecular formula is C31H44NO6Si+. The Morgan fingerprint density at radius 1 is 0.795 bits per heavy atom. The van der Waals surface area contributed by atoms with Gasteiger partial charge in [0.05, 0.1) is 25.2 Å². The fourth-order valence-corrected chi connectivity index (χ4v) is 9.56. The Morgan fingerprint density at radius 3 is 1.69 bits per heavy atom. The van der Waals surface area contributed by atoms with Crippen LogP contribution in [0.1, 0.15) is 70.4 Å². The van der Waals surface area contributed by atoms with Crippen LogP contribution in [0.4, 0.5) is 0 Å². The lowest BCUT2D eigenvalue weighted by Gasteiger charge is -2.47. The monoisotopic (exact) mass is 554 g/mol. The summed E-state index contributed by atoms with van der Waals surface area (Å²) in [7, 11) is -3.77. The molecule has 39 heavy (non-hydrogen) atoms. The van der Waals surface area contributed by atoms with E-state index in [9.17, 15) is 4.79 Å². The number of piperidine rings is 1. The minimum Gasteiger partial charge on any atom is -0.459 e. The molecule has 3 heterocycles. The molecule has 8 heteroatoms. The average Bonchev–Trinajstić information content (AvgIpc) is 3.49. The zero-order chi connectivity index (χ0) is 27.3. The van der Waals surface area contributed by atoms with E-state index in [1.807, 2.05) is 81.4 Å². The fraction of sp³-hybridized carbons (Fsp3) is 0.581. The molecular weight excluding hydrogens is 510 g/mol. The van der Waals surface area contributed by atoms with Crippen LogP contribution >= 0.6 is 0 Å². The predicted octanol–water partition coefficient (Wildman–Crippen LogP) is 5.34. The summed E-state index contributed by atoms with van der Waals surface area (Å²) in [4.78, 5) is 14.7. The first kappa shape index (κ1) is 28.5. The number of carbonyl (C=O) groups excluding carboxylic acids is 1. The summed E-state index contributed by atoms with van der Waals surface area (Å²) in [6.45, 7) is 9.17. The first-order chi connectivity index (χ1) is 19.0. The first-order valence-corrected chi connectivity index (χ1v) is 16.5. The fourth-order valence-electron chi connectivity index (χ4n) is 7.38. The standard InChI is InChI=1S/C31H44NO6Si/c1-4-34-39(35-5-2,36-6-3)38-31(25-15-9-7-10-16-25,26-17-11-8-12-18-26)30(33)37-29-23-27-19-20-28(24-29)32(27)21-13-14-22-32/h7-12,15-18,27-29H,4-6,13-14,19-24H2,1-3H3/q+1. The summed E-state index contributed by atoms with van der Waals surface area (Å²) in [6.07, 6.45) is 6.77. The minimum atomic E-state index is -3.77. The van der Waals surface area contributed by atoms with E-state index in [2.05, 4.69) is 0 Å². The zero-order valence-electron chi connectivity index (χ0n) is 23.7. The molecule has 7 nitrogen and oxygen atoms in total. The van der Waals surface area contributed by atoms with Crippen molar-refractivity contribution in [1.29, 1.82) is 0 Å². The van der Waals surface area contributed by atoms with Crippen molar-refractivity contribution in [3.05, 3.63) is 71.8 Å². The largest absolute Gasteiger partial charge is 0.681 e. The van der Waals surface area contributed by atoms with Gasteiger partial charge in [0.15, 0.2) is 0 Å². The summed E-state index contributed by atoms with van der Waals surface area (Å²) in [5, 5.41) is 0. The van der Waals surface area contributed by atoms with Crippen LogP contribution < -0.4 is 0 Å². The molecule has 0 saturated carbocycles. The Labute approximate surface area is 234 Å². The summed E-state index contributed by atoms with van der Waals surface area (Å²) in [6, 6.07) is 20.3. The van der Waals surface area contributed by atoms with Gasteiger partial charge in [0, 0.05) is 58.3 Å². The molecule has 3 saturated heterocycles. The van der Waals surface area contributed by atoms with Crippen molar-refractivity contribution >= 4 is 15.0 Å². The van der Waals surface area contributed by atoms with Gasteiger partial charge in [-0.2, -0.15) is 0 Å². The third kappa shape index (κ3) is 5.35. The highest BCUT2D eigenvalue weighted by Gasteiger charge is 2.60. The lowest BCUT2D eigenvalue weighted by Crippen LogP contribution is -2.61. The van der Waals surface area contributed by atoms with Crippen molar-refractivity contribution in [3.63, 3.8) is 0 Å². The maximum atomic E-state index is 14.7. The van der Waals surface area contributed by atoms with Gasteiger partial charge < -0.3 is 26.9 Å². The zero-order valence-corrected chi connectivity index (χ0v) is 24.7. The molecule has 0 amide bonds. The summed E-state index contributed by atoms with van der Waals surface area (Å²) in [5.41, 5.74) is -0.275. The van der Waals surface area contributed by atoms with Crippen molar-refractivity contribution in [2.75, 3.05) is 32.9 Å². The Bertz CT molecular complexity index is 1000. The number of quaternary nitrogens is 1. The maximum Gasteiger partial charge on any atom is 0.681 e. The molecule has 1 spiro atoms. The summed E-state index contributed by atoms with van der Waals surface area (Å²) in [5.74, 6) is -0.435. The molecule has 2 aromatic carbocycles. The molecule has 3 fully saturated rings. The van der Waals surface area contributed by atoms with Gasteiger partial charge in [0.25, 0.3) is 0 Å². The van der Waals surface area contributed by atoms with Crippen molar-refractivity contribution in [2.45, 2.75) is 83.1 Å². The van der Waals surface area contributed by atoms with Crippen molar-refractivity contribution in [3.8, 4) is 0 Å². The highest BCUT2D eigenvalue weighted by Crippen LogP contribution is 2.47. The van der Waals surface area contributed by atoms with E-state index in [-0.39, 0.29) is 6.10 Å². The number of carbonyl (C=O) groups is 1. The smallest absolute Gasteiger partial charge is 0.459 e. The molecule has 5 rings (SSSR count).